The van der Waals surface area contributed by atoms with Gasteiger partial charge in [0, 0.05) is 42.2 Å². The maximum Gasteiger partial charge on any atom is 0.274 e. The SMILES string of the molecule is CC(CO)N(C)C(=O)c1n[nH]c2c1CN(C(=O)c1cc3ccccc3[nH]1)CC2. The molecule has 2 aromatic heterocycles. The van der Waals surface area contributed by atoms with Gasteiger partial charge in [0.2, 0.25) is 0 Å². The molecule has 0 radical (unpaired) electrons. The molecule has 0 spiro atoms. The Morgan fingerprint density at radius 2 is 2.14 bits per heavy atom. The second kappa shape index (κ2) is 7.12. The van der Waals surface area contributed by atoms with Crippen LogP contribution in [-0.2, 0) is 13.0 Å². The molecule has 3 N–H and O–H groups in total. The highest BCUT2D eigenvalue weighted by Gasteiger charge is 2.30. The molecule has 1 atom stereocenters. The number of amides is 2. The van der Waals surface area contributed by atoms with Crippen LogP contribution < -0.4 is 0 Å². The zero-order valence-electron chi connectivity index (χ0n) is 15.9. The first kappa shape index (κ1) is 18.2. The van der Waals surface area contributed by atoms with Crippen LogP contribution in [0.4, 0.5) is 0 Å². The van der Waals surface area contributed by atoms with E-state index in [4.69, 9.17) is 0 Å². The number of likely N-dealkylation sites (N-methyl/N-ethyl adjacent to an activating group) is 1. The number of aliphatic hydroxyl groups is 1. The minimum atomic E-state index is -0.312. The molecule has 0 saturated carbocycles. The molecule has 8 heteroatoms. The van der Waals surface area contributed by atoms with Crippen LogP contribution in [0.25, 0.3) is 10.9 Å². The third-order valence-corrected chi connectivity index (χ3v) is 5.43. The number of hydrogen-bond acceptors (Lipinski definition) is 4. The third kappa shape index (κ3) is 3.05. The van der Waals surface area contributed by atoms with Crippen molar-refractivity contribution in [3.63, 3.8) is 0 Å². The number of hydrogen-bond donors (Lipinski definition) is 3. The summed E-state index contributed by atoms with van der Waals surface area (Å²) < 4.78 is 0. The summed E-state index contributed by atoms with van der Waals surface area (Å²) in [7, 11) is 1.64. The Bertz CT molecular complexity index is 1000. The van der Waals surface area contributed by atoms with Crippen LogP contribution in [0.1, 0.15) is 39.2 Å². The summed E-state index contributed by atoms with van der Waals surface area (Å²) in [4.78, 5) is 32.1. The summed E-state index contributed by atoms with van der Waals surface area (Å²) in [6, 6.07) is 9.30. The van der Waals surface area contributed by atoms with Crippen LogP contribution in [0.3, 0.4) is 0 Å². The molecule has 0 fully saturated rings. The highest BCUT2D eigenvalue weighted by Crippen LogP contribution is 2.24. The molecule has 1 aromatic carbocycles. The predicted molar refractivity (Wildman–Crippen MR) is 104 cm³/mol. The second-order valence-electron chi connectivity index (χ2n) is 7.22. The van der Waals surface area contributed by atoms with Gasteiger partial charge in [-0.3, -0.25) is 14.7 Å². The van der Waals surface area contributed by atoms with Gasteiger partial charge in [-0.2, -0.15) is 5.10 Å². The summed E-state index contributed by atoms with van der Waals surface area (Å²) >= 11 is 0. The molecular formula is C20H23N5O3. The summed E-state index contributed by atoms with van der Waals surface area (Å²) in [6.07, 6.45) is 0.612. The lowest BCUT2D eigenvalue weighted by atomic mass is 10.0. The number of aromatic nitrogens is 3. The van der Waals surface area contributed by atoms with E-state index < -0.39 is 0 Å². The number of carbonyl (C=O) groups excluding carboxylic acids is 2. The van der Waals surface area contributed by atoms with Crippen molar-refractivity contribution < 1.29 is 14.7 Å². The van der Waals surface area contributed by atoms with E-state index in [0.29, 0.717) is 30.9 Å². The number of para-hydroxylation sites is 1. The summed E-state index contributed by atoms with van der Waals surface area (Å²) in [5.74, 6) is -0.363. The summed E-state index contributed by atoms with van der Waals surface area (Å²) in [5.41, 5.74) is 3.40. The monoisotopic (exact) mass is 381 g/mol. The molecule has 3 aromatic rings. The van der Waals surface area contributed by atoms with Crippen LogP contribution in [0.2, 0.25) is 0 Å². The Kier molecular flexibility index (Phi) is 4.64. The van der Waals surface area contributed by atoms with E-state index in [-0.39, 0.29) is 24.5 Å². The summed E-state index contributed by atoms with van der Waals surface area (Å²) in [6.45, 7) is 2.52. The van der Waals surface area contributed by atoms with Crippen molar-refractivity contribution in [3.8, 4) is 0 Å². The van der Waals surface area contributed by atoms with E-state index in [1.54, 1.807) is 18.9 Å². The van der Waals surface area contributed by atoms with Gasteiger partial charge in [0.15, 0.2) is 5.69 Å². The van der Waals surface area contributed by atoms with Crippen LogP contribution in [0.15, 0.2) is 30.3 Å². The molecule has 2 amide bonds. The number of H-pyrrole nitrogens is 2. The first-order valence-corrected chi connectivity index (χ1v) is 9.30. The van der Waals surface area contributed by atoms with Crippen LogP contribution in [0, 0.1) is 0 Å². The highest BCUT2D eigenvalue weighted by atomic mass is 16.3. The fourth-order valence-corrected chi connectivity index (χ4v) is 3.49. The van der Waals surface area contributed by atoms with E-state index in [1.807, 2.05) is 30.3 Å². The molecule has 1 unspecified atom stereocenters. The van der Waals surface area contributed by atoms with Crippen LogP contribution in [0.5, 0.6) is 0 Å². The topological polar surface area (TPSA) is 105 Å². The van der Waals surface area contributed by atoms with E-state index in [9.17, 15) is 14.7 Å². The average molecular weight is 381 g/mol. The van der Waals surface area contributed by atoms with Gasteiger partial charge in [0.05, 0.1) is 19.2 Å². The predicted octanol–water partition coefficient (Wildman–Crippen LogP) is 1.54. The third-order valence-electron chi connectivity index (χ3n) is 5.43. The quantitative estimate of drug-likeness (QED) is 0.637. The Hall–Kier alpha value is -3.13. The zero-order chi connectivity index (χ0) is 19.8. The minimum absolute atomic E-state index is 0.0986. The van der Waals surface area contributed by atoms with E-state index >= 15 is 0 Å². The van der Waals surface area contributed by atoms with Crippen molar-refractivity contribution in [1.82, 2.24) is 25.0 Å². The number of aliphatic hydroxyl groups excluding tert-OH is 1. The van der Waals surface area contributed by atoms with Crippen LogP contribution in [-0.4, -0.2) is 68.1 Å². The van der Waals surface area contributed by atoms with Gasteiger partial charge >= 0.3 is 0 Å². The first-order chi connectivity index (χ1) is 13.5. The van der Waals surface area contributed by atoms with E-state index in [2.05, 4.69) is 15.2 Å². The Labute approximate surface area is 162 Å². The van der Waals surface area contributed by atoms with Crippen molar-refractivity contribution >= 4 is 22.7 Å². The van der Waals surface area contributed by atoms with Crippen LogP contribution >= 0.6 is 0 Å². The summed E-state index contributed by atoms with van der Waals surface area (Å²) in [5, 5.41) is 17.4. The number of rotatable bonds is 4. The first-order valence-electron chi connectivity index (χ1n) is 9.30. The standard InChI is InChI=1S/C20H23N5O3/c1-12(11-26)24(2)20(28)18-14-10-25(8-7-16(14)22-23-18)19(27)17-9-13-5-3-4-6-15(13)21-17/h3-6,9,12,21,26H,7-8,10-11H2,1-2H3,(H,22,23). The number of aromatic amines is 2. The maximum absolute atomic E-state index is 13.0. The Balaban J connectivity index is 1.58. The van der Waals surface area contributed by atoms with Crippen molar-refractivity contribution in [2.24, 2.45) is 0 Å². The van der Waals surface area contributed by atoms with E-state index in [0.717, 1.165) is 22.2 Å². The molecule has 1 aliphatic heterocycles. The number of nitrogens with zero attached hydrogens (tertiary/aromatic N) is 3. The van der Waals surface area contributed by atoms with E-state index in [1.165, 1.54) is 4.90 Å². The number of benzene rings is 1. The largest absolute Gasteiger partial charge is 0.394 e. The average Bonchev–Trinajstić information content (AvgIpc) is 3.35. The highest BCUT2D eigenvalue weighted by molar-refractivity contribution is 5.98. The molecule has 28 heavy (non-hydrogen) atoms. The Morgan fingerprint density at radius 1 is 1.36 bits per heavy atom. The number of fused-ring (bicyclic) bond motifs is 2. The van der Waals surface area contributed by atoms with Gasteiger partial charge in [0.1, 0.15) is 5.69 Å². The van der Waals surface area contributed by atoms with Crippen molar-refractivity contribution in [2.75, 3.05) is 20.2 Å². The van der Waals surface area contributed by atoms with Crippen molar-refractivity contribution in [3.05, 3.63) is 53.0 Å². The van der Waals surface area contributed by atoms with Gasteiger partial charge in [-0.05, 0) is 19.1 Å². The molecule has 0 aliphatic carbocycles. The second-order valence-corrected chi connectivity index (χ2v) is 7.22. The zero-order valence-corrected chi connectivity index (χ0v) is 15.9. The van der Waals surface area contributed by atoms with Crippen molar-refractivity contribution in [2.45, 2.75) is 25.9 Å². The van der Waals surface area contributed by atoms with Gasteiger partial charge in [0.25, 0.3) is 11.8 Å². The van der Waals surface area contributed by atoms with Gasteiger partial charge in [-0.25, -0.2) is 0 Å². The number of nitrogens with one attached hydrogen (secondary N) is 2. The molecule has 8 nitrogen and oxygen atoms in total. The maximum atomic E-state index is 13.0. The molecule has 1 aliphatic rings. The van der Waals surface area contributed by atoms with Gasteiger partial charge < -0.3 is 19.9 Å². The normalized spacial score (nSPS) is 14.8. The fourth-order valence-electron chi connectivity index (χ4n) is 3.49. The molecular weight excluding hydrogens is 358 g/mol. The lowest BCUT2D eigenvalue weighted by Gasteiger charge is -2.28. The molecule has 0 saturated heterocycles. The van der Waals surface area contributed by atoms with Gasteiger partial charge in [-0.15, -0.1) is 0 Å². The van der Waals surface area contributed by atoms with Crippen molar-refractivity contribution in [1.29, 1.82) is 0 Å². The molecule has 3 heterocycles. The Morgan fingerprint density at radius 3 is 2.89 bits per heavy atom. The fraction of sp³-hybridized carbons (Fsp3) is 0.350. The lowest BCUT2D eigenvalue weighted by molar-refractivity contribution is 0.0664. The smallest absolute Gasteiger partial charge is 0.274 e. The molecule has 146 valence electrons. The van der Waals surface area contributed by atoms with Gasteiger partial charge in [-0.1, -0.05) is 18.2 Å². The minimum Gasteiger partial charge on any atom is -0.394 e. The molecule has 0 bridgehead atoms. The molecule has 4 rings (SSSR count). The lowest BCUT2D eigenvalue weighted by Crippen LogP contribution is -2.39. The number of carbonyl (C=O) groups is 2.